The van der Waals surface area contributed by atoms with Crippen LogP contribution in [0.4, 0.5) is 0 Å². The van der Waals surface area contributed by atoms with E-state index < -0.39 is 5.97 Å². The minimum atomic E-state index is -0.531. The lowest BCUT2D eigenvalue weighted by Crippen LogP contribution is -2.05. The standard InChI is InChI=1S/C16H13NO3/c17-9-10-19-16(18)14-7-4-8-15(11-14)20-12-13-5-2-1-3-6-13/h1-8,11H,10,12H2. The molecule has 0 aliphatic heterocycles. The molecular formula is C16H13NO3. The first-order valence-corrected chi connectivity index (χ1v) is 6.10. The van der Waals surface area contributed by atoms with Crippen LogP contribution in [0.1, 0.15) is 15.9 Å². The van der Waals surface area contributed by atoms with Crippen molar-refractivity contribution in [2.75, 3.05) is 6.61 Å². The summed E-state index contributed by atoms with van der Waals surface area (Å²) in [5, 5.41) is 8.38. The molecule has 0 aliphatic carbocycles. The molecule has 4 heteroatoms. The number of ether oxygens (including phenoxy) is 2. The van der Waals surface area contributed by atoms with Crippen molar-refractivity contribution in [3.05, 3.63) is 65.7 Å². The average molecular weight is 267 g/mol. The molecule has 0 unspecified atom stereocenters. The van der Waals surface area contributed by atoms with Gasteiger partial charge in [0.05, 0.1) is 5.56 Å². The number of nitrogens with zero attached hydrogens (tertiary/aromatic N) is 1. The van der Waals surface area contributed by atoms with Crippen molar-refractivity contribution >= 4 is 5.97 Å². The number of nitriles is 1. The molecule has 0 aromatic heterocycles. The highest BCUT2D eigenvalue weighted by atomic mass is 16.5. The molecule has 2 aromatic carbocycles. The third-order valence-corrected chi connectivity index (χ3v) is 2.59. The first-order valence-electron chi connectivity index (χ1n) is 6.10. The maximum atomic E-state index is 11.6. The Morgan fingerprint density at radius 3 is 2.65 bits per heavy atom. The number of rotatable bonds is 5. The number of benzene rings is 2. The van der Waals surface area contributed by atoms with Gasteiger partial charge in [-0.25, -0.2) is 4.79 Å². The smallest absolute Gasteiger partial charge is 0.339 e. The Balaban J connectivity index is 1.99. The highest BCUT2D eigenvalue weighted by molar-refractivity contribution is 5.89. The van der Waals surface area contributed by atoms with E-state index in [9.17, 15) is 4.79 Å². The molecule has 0 radical (unpaired) electrons. The highest BCUT2D eigenvalue weighted by Gasteiger charge is 2.07. The molecular weight excluding hydrogens is 254 g/mol. The molecule has 0 heterocycles. The van der Waals surface area contributed by atoms with Gasteiger partial charge in [0.1, 0.15) is 18.4 Å². The van der Waals surface area contributed by atoms with Crippen LogP contribution in [-0.2, 0) is 11.3 Å². The van der Waals surface area contributed by atoms with Crippen molar-refractivity contribution in [1.29, 1.82) is 5.26 Å². The summed E-state index contributed by atoms with van der Waals surface area (Å²) in [4.78, 5) is 11.6. The third kappa shape index (κ3) is 3.85. The van der Waals surface area contributed by atoms with Crippen molar-refractivity contribution in [2.24, 2.45) is 0 Å². The highest BCUT2D eigenvalue weighted by Crippen LogP contribution is 2.16. The molecule has 0 amide bonds. The molecule has 0 atom stereocenters. The Morgan fingerprint density at radius 1 is 1.10 bits per heavy atom. The van der Waals surface area contributed by atoms with Crippen LogP contribution in [0.5, 0.6) is 5.75 Å². The first kappa shape index (κ1) is 13.6. The van der Waals surface area contributed by atoms with Crippen LogP contribution in [0.3, 0.4) is 0 Å². The van der Waals surface area contributed by atoms with Gasteiger partial charge in [0.2, 0.25) is 0 Å². The lowest BCUT2D eigenvalue weighted by molar-refractivity contribution is 0.0554. The molecule has 0 N–H and O–H groups in total. The van der Waals surface area contributed by atoms with E-state index in [1.165, 1.54) is 0 Å². The largest absolute Gasteiger partial charge is 0.489 e. The zero-order chi connectivity index (χ0) is 14.2. The molecule has 0 saturated heterocycles. The molecule has 0 bridgehead atoms. The van der Waals surface area contributed by atoms with E-state index in [4.69, 9.17) is 14.7 Å². The summed E-state index contributed by atoms with van der Waals surface area (Å²) >= 11 is 0. The average Bonchev–Trinajstić information content (AvgIpc) is 2.52. The van der Waals surface area contributed by atoms with Gasteiger partial charge >= 0.3 is 5.97 Å². The third-order valence-electron chi connectivity index (χ3n) is 2.59. The van der Waals surface area contributed by atoms with Crippen LogP contribution in [0.2, 0.25) is 0 Å². The van der Waals surface area contributed by atoms with Gasteiger partial charge in [-0.3, -0.25) is 0 Å². The van der Waals surface area contributed by atoms with E-state index in [1.807, 2.05) is 30.3 Å². The second kappa shape index (κ2) is 6.95. The van der Waals surface area contributed by atoms with Gasteiger partial charge in [-0.05, 0) is 23.8 Å². The van der Waals surface area contributed by atoms with Crippen LogP contribution >= 0.6 is 0 Å². The Morgan fingerprint density at radius 2 is 1.90 bits per heavy atom. The fraction of sp³-hybridized carbons (Fsp3) is 0.125. The predicted octanol–water partition coefficient (Wildman–Crippen LogP) is 2.95. The summed E-state index contributed by atoms with van der Waals surface area (Å²) in [7, 11) is 0. The van der Waals surface area contributed by atoms with Crippen molar-refractivity contribution in [3.8, 4) is 11.8 Å². The maximum Gasteiger partial charge on any atom is 0.339 e. The van der Waals surface area contributed by atoms with E-state index in [1.54, 1.807) is 30.3 Å². The van der Waals surface area contributed by atoms with Crippen LogP contribution in [-0.4, -0.2) is 12.6 Å². The second-order valence-electron chi connectivity index (χ2n) is 4.04. The van der Waals surface area contributed by atoms with E-state index >= 15 is 0 Å². The topological polar surface area (TPSA) is 59.3 Å². The zero-order valence-corrected chi connectivity index (χ0v) is 10.8. The van der Waals surface area contributed by atoms with Gasteiger partial charge in [-0.1, -0.05) is 36.4 Å². The molecule has 0 fully saturated rings. The van der Waals surface area contributed by atoms with E-state index in [-0.39, 0.29) is 6.61 Å². The Bertz CT molecular complexity index is 617. The lowest BCUT2D eigenvalue weighted by Gasteiger charge is -2.07. The molecule has 2 aromatic rings. The number of esters is 1. The number of hydrogen-bond donors (Lipinski definition) is 0. The monoisotopic (exact) mass is 267 g/mol. The van der Waals surface area contributed by atoms with Gasteiger partial charge in [0.25, 0.3) is 0 Å². The molecule has 100 valence electrons. The Kier molecular flexibility index (Phi) is 4.74. The summed E-state index contributed by atoms with van der Waals surface area (Å²) in [6.45, 7) is 0.172. The Labute approximate surface area is 117 Å². The normalized spacial score (nSPS) is 9.55. The van der Waals surface area contributed by atoms with Crippen molar-refractivity contribution < 1.29 is 14.3 Å². The maximum absolute atomic E-state index is 11.6. The summed E-state index contributed by atoms with van der Waals surface area (Å²) in [6, 6.07) is 18.2. The zero-order valence-electron chi connectivity index (χ0n) is 10.8. The van der Waals surface area contributed by atoms with Crippen LogP contribution < -0.4 is 4.74 Å². The molecule has 20 heavy (non-hydrogen) atoms. The van der Waals surface area contributed by atoms with E-state index in [2.05, 4.69) is 0 Å². The number of carbonyl (C=O) groups is 1. The van der Waals surface area contributed by atoms with Crippen LogP contribution in [0.25, 0.3) is 0 Å². The summed E-state index contributed by atoms with van der Waals surface area (Å²) in [5.41, 5.74) is 1.41. The second-order valence-corrected chi connectivity index (χ2v) is 4.04. The van der Waals surface area contributed by atoms with E-state index in [0.29, 0.717) is 17.9 Å². The molecule has 4 nitrogen and oxygen atoms in total. The molecule has 0 aliphatic rings. The number of carbonyl (C=O) groups excluding carboxylic acids is 1. The summed E-state index contributed by atoms with van der Waals surface area (Å²) < 4.78 is 10.4. The molecule has 0 saturated carbocycles. The van der Waals surface area contributed by atoms with Crippen LogP contribution in [0, 0.1) is 11.3 Å². The quantitative estimate of drug-likeness (QED) is 0.781. The fourth-order valence-corrected chi connectivity index (χ4v) is 1.63. The van der Waals surface area contributed by atoms with Gasteiger partial charge in [-0.2, -0.15) is 5.26 Å². The van der Waals surface area contributed by atoms with Gasteiger partial charge in [0, 0.05) is 0 Å². The van der Waals surface area contributed by atoms with Crippen LogP contribution in [0.15, 0.2) is 54.6 Å². The van der Waals surface area contributed by atoms with Gasteiger partial charge in [0.15, 0.2) is 6.61 Å². The minimum Gasteiger partial charge on any atom is -0.489 e. The summed E-state index contributed by atoms with van der Waals surface area (Å²) in [6.07, 6.45) is 0. The summed E-state index contributed by atoms with van der Waals surface area (Å²) in [5.74, 6) is 0.0528. The van der Waals surface area contributed by atoms with Crippen molar-refractivity contribution in [1.82, 2.24) is 0 Å². The van der Waals surface area contributed by atoms with Crippen molar-refractivity contribution in [2.45, 2.75) is 6.61 Å². The predicted molar refractivity (Wildman–Crippen MR) is 73.1 cm³/mol. The van der Waals surface area contributed by atoms with Gasteiger partial charge < -0.3 is 9.47 Å². The fourth-order valence-electron chi connectivity index (χ4n) is 1.63. The lowest BCUT2D eigenvalue weighted by atomic mass is 10.2. The number of hydrogen-bond acceptors (Lipinski definition) is 4. The molecule has 2 rings (SSSR count). The Hall–Kier alpha value is -2.80. The molecule has 0 spiro atoms. The van der Waals surface area contributed by atoms with Crippen molar-refractivity contribution in [3.63, 3.8) is 0 Å². The minimum absolute atomic E-state index is 0.256. The van der Waals surface area contributed by atoms with Gasteiger partial charge in [-0.15, -0.1) is 0 Å². The SMILES string of the molecule is N#CCOC(=O)c1cccc(OCc2ccccc2)c1. The first-order chi connectivity index (χ1) is 9.79. The van der Waals surface area contributed by atoms with E-state index in [0.717, 1.165) is 5.56 Å².